The fourth-order valence-electron chi connectivity index (χ4n) is 2.78. The van der Waals surface area contributed by atoms with Crippen LogP contribution in [0.4, 0.5) is 5.69 Å². The second-order valence-corrected chi connectivity index (χ2v) is 5.73. The van der Waals surface area contributed by atoms with E-state index in [1.807, 2.05) is 30.3 Å². The van der Waals surface area contributed by atoms with E-state index < -0.39 is 5.97 Å². The molecule has 0 aliphatic rings. The number of amidine groups is 1. The molecule has 0 aliphatic carbocycles. The molecule has 3 aromatic carbocycles. The molecule has 0 atom stereocenters. The molecule has 0 radical (unpaired) electrons. The van der Waals surface area contributed by atoms with Gasteiger partial charge >= 0.3 is 5.97 Å². The van der Waals surface area contributed by atoms with Crippen LogP contribution in [-0.2, 0) is 0 Å². The number of carbonyl (C=O) groups is 1. The molecular formula is C19H17N5O2. The number of nitrogens with zero attached hydrogens (tertiary/aromatic N) is 1. The van der Waals surface area contributed by atoms with Gasteiger partial charge in [-0.1, -0.05) is 36.4 Å². The molecule has 0 heterocycles. The summed E-state index contributed by atoms with van der Waals surface area (Å²) in [6.07, 6.45) is 0. The van der Waals surface area contributed by atoms with Gasteiger partial charge in [0.15, 0.2) is 5.96 Å². The van der Waals surface area contributed by atoms with Crippen molar-refractivity contribution >= 4 is 34.2 Å². The van der Waals surface area contributed by atoms with Gasteiger partial charge in [0.05, 0.1) is 11.3 Å². The van der Waals surface area contributed by atoms with E-state index in [-0.39, 0.29) is 23.0 Å². The number of carboxylic acids is 1. The monoisotopic (exact) mass is 347 g/mol. The summed E-state index contributed by atoms with van der Waals surface area (Å²) in [4.78, 5) is 15.5. The van der Waals surface area contributed by atoms with Crippen molar-refractivity contribution in [2.24, 2.45) is 22.2 Å². The van der Waals surface area contributed by atoms with Crippen molar-refractivity contribution in [1.82, 2.24) is 0 Å². The van der Waals surface area contributed by atoms with Crippen LogP contribution in [0, 0.1) is 5.41 Å². The lowest BCUT2D eigenvalue weighted by Gasteiger charge is -2.11. The van der Waals surface area contributed by atoms with Crippen molar-refractivity contribution in [3.63, 3.8) is 0 Å². The lowest BCUT2D eigenvalue weighted by atomic mass is 9.97. The summed E-state index contributed by atoms with van der Waals surface area (Å²) in [5.41, 5.74) is 18.7. The van der Waals surface area contributed by atoms with E-state index in [0.29, 0.717) is 11.1 Å². The minimum absolute atomic E-state index is 0.000167. The Hall–Kier alpha value is -3.87. The summed E-state index contributed by atoms with van der Waals surface area (Å²) < 4.78 is 0. The zero-order valence-electron chi connectivity index (χ0n) is 13.7. The fraction of sp³-hybridized carbons (Fsp3) is 0. The topological polar surface area (TPSA) is 152 Å². The third-order valence-corrected chi connectivity index (χ3v) is 3.97. The number of para-hydroxylation sites is 1. The standard InChI is InChI=1S/C19H17N5O2/c20-17(21)13-7-5-10-8-12(6-4-11(10)9-13)14-2-1-3-15(18(25)26)16(14)24-19(22)23/h1-9H,(H3,20,21)(H,25,26)(H4,22,23,24). The molecule has 3 aromatic rings. The maximum atomic E-state index is 11.5. The summed E-state index contributed by atoms with van der Waals surface area (Å²) in [6, 6.07) is 15.9. The maximum absolute atomic E-state index is 11.5. The number of nitrogen functional groups attached to an aromatic ring is 1. The van der Waals surface area contributed by atoms with Crippen LogP contribution in [-0.4, -0.2) is 22.9 Å². The zero-order valence-corrected chi connectivity index (χ0v) is 13.7. The number of nitrogens with one attached hydrogen (secondary N) is 1. The third kappa shape index (κ3) is 3.18. The smallest absolute Gasteiger partial charge is 0.337 e. The number of guanidine groups is 1. The zero-order chi connectivity index (χ0) is 18.8. The van der Waals surface area contributed by atoms with Crippen molar-refractivity contribution in [3.8, 4) is 11.1 Å². The van der Waals surface area contributed by atoms with Crippen molar-refractivity contribution in [1.29, 1.82) is 5.41 Å². The van der Waals surface area contributed by atoms with E-state index in [1.165, 1.54) is 6.07 Å². The molecule has 8 N–H and O–H groups in total. The third-order valence-electron chi connectivity index (χ3n) is 3.97. The SMILES string of the molecule is N=C(N)c1ccc2cc(-c3cccc(C(=O)O)c3N=C(N)N)ccc2c1. The molecule has 0 saturated carbocycles. The predicted molar refractivity (Wildman–Crippen MR) is 103 cm³/mol. The number of benzene rings is 3. The number of hydrogen-bond donors (Lipinski definition) is 5. The molecule has 7 nitrogen and oxygen atoms in total. The highest BCUT2D eigenvalue weighted by atomic mass is 16.4. The van der Waals surface area contributed by atoms with E-state index in [4.69, 9.17) is 22.6 Å². The van der Waals surface area contributed by atoms with Gasteiger partial charge < -0.3 is 22.3 Å². The van der Waals surface area contributed by atoms with Gasteiger partial charge in [-0.15, -0.1) is 0 Å². The Morgan fingerprint density at radius 3 is 2.31 bits per heavy atom. The Balaban J connectivity index is 2.21. The second kappa shape index (κ2) is 6.56. The van der Waals surface area contributed by atoms with Gasteiger partial charge in [0.1, 0.15) is 5.84 Å². The van der Waals surface area contributed by atoms with Gasteiger partial charge in [0.2, 0.25) is 0 Å². The number of hydrogen-bond acceptors (Lipinski definition) is 3. The van der Waals surface area contributed by atoms with Crippen LogP contribution >= 0.6 is 0 Å². The lowest BCUT2D eigenvalue weighted by Crippen LogP contribution is -2.22. The number of rotatable bonds is 4. The number of fused-ring (bicyclic) bond motifs is 1. The molecular weight excluding hydrogens is 330 g/mol. The van der Waals surface area contributed by atoms with E-state index in [9.17, 15) is 9.90 Å². The Morgan fingerprint density at radius 1 is 0.962 bits per heavy atom. The van der Waals surface area contributed by atoms with Gasteiger partial charge in [-0.3, -0.25) is 5.41 Å². The second-order valence-electron chi connectivity index (χ2n) is 5.73. The molecule has 0 unspecified atom stereocenters. The van der Waals surface area contributed by atoms with Crippen LogP contribution in [0.25, 0.3) is 21.9 Å². The lowest BCUT2D eigenvalue weighted by molar-refractivity contribution is 0.0698. The summed E-state index contributed by atoms with van der Waals surface area (Å²) >= 11 is 0. The highest BCUT2D eigenvalue weighted by Gasteiger charge is 2.15. The Morgan fingerprint density at radius 2 is 1.65 bits per heavy atom. The molecule has 0 spiro atoms. The van der Waals surface area contributed by atoms with Gasteiger partial charge in [0.25, 0.3) is 0 Å². The molecule has 130 valence electrons. The van der Waals surface area contributed by atoms with Crippen LogP contribution in [0.3, 0.4) is 0 Å². The van der Waals surface area contributed by atoms with Gasteiger partial charge in [-0.25, -0.2) is 9.79 Å². The van der Waals surface area contributed by atoms with Gasteiger partial charge in [0, 0.05) is 11.1 Å². The van der Waals surface area contributed by atoms with E-state index in [1.54, 1.807) is 18.2 Å². The predicted octanol–water partition coefficient (Wildman–Crippen LogP) is 2.39. The van der Waals surface area contributed by atoms with Crippen LogP contribution in [0.1, 0.15) is 15.9 Å². The average molecular weight is 347 g/mol. The van der Waals surface area contributed by atoms with E-state index in [2.05, 4.69) is 4.99 Å². The molecule has 0 aromatic heterocycles. The van der Waals surface area contributed by atoms with Gasteiger partial charge in [-0.2, -0.15) is 0 Å². The summed E-state index contributed by atoms with van der Waals surface area (Å²) in [5.74, 6) is -1.33. The summed E-state index contributed by atoms with van der Waals surface area (Å²) in [6.45, 7) is 0. The first-order valence-corrected chi connectivity index (χ1v) is 7.71. The molecule has 0 aliphatic heterocycles. The number of carboxylic acid groups (broad SMARTS) is 1. The van der Waals surface area contributed by atoms with Crippen molar-refractivity contribution < 1.29 is 9.90 Å². The quantitative estimate of drug-likeness (QED) is 0.362. The Bertz CT molecular complexity index is 1070. The Kier molecular flexibility index (Phi) is 4.28. The van der Waals surface area contributed by atoms with E-state index in [0.717, 1.165) is 16.3 Å². The van der Waals surface area contributed by atoms with Crippen LogP contribution in [0.2, 0.25) is 0 Å². The normalized spacial score (nSPS) is 10.5. The highest BCUT2D eigenvalue weighted by Crippen LogP contribution is 2.35. The molecule has 0 bridgehead atoms. The Labute approximate surface area is 149 Å². The molecule has 3 rings (SSSR count). The minimum Gasteiger partial charge on any atom is -0.478 e. The first kappa shape index (κ1) is 17.0. The fourth-order valence-corrected chi connectivity index (χ4v) is 2.78. The minimum atomic E-state index is -1.11. The number of nitrogens with two attached hydrogens (primary N) is 3. The molecule has 0 saturated heterocycles. The molecule has 7 heteroatoms. The highest BCUT2D eigenvalue weighted by molar-refractivity contribution is 6.02. The van der Waals surface area contributed by atoms with Gasteiger partial charge in [-0.05, 0) is 34.5 Å². The first-order valence-electron chi connectivity index (χ1n) is 7.71. The average Bonchev–Trinajstić information content (AvgIpc) is 2.60. The van der Waals surface area contributed by atoms with Crippen molar-refractivity contribution in [2.75, 3.05) is 0 Å². The maximum Gasteiger partial charge on any atom is 0.337 e. The molecule has 26 heavy (non-hydrogen) atoms. The first-order chi connectivity index (χ1) is 12.4. The molecule has 0 fully saturated rings. The number of aromatic carboxylic acids is 1. The van der Waals surface area contributed by atoms with Crippen LogP contribution < -0.4 is 17.2 Å². The van der Waals surface area contributed by atoms with Crippen molar-refractivity contribution in [2.45, 2.75) is 0 Å². The van der Waals surface area contributed by atoms with Crippen LogP contribution in [0.5, 0.6) is 0 Å². The molecule has 0 amide bonds. The number of aliphatic imine (C=N–C) groups is 1. The summed E-state index contributed by atoms with van der Waals surface area (Å²) in [5, 5.41) is 18.8. The van der Waals surface area contributed by atoms with E-state index >= 15 is 0 Å². The summed E-state index contributed by atoms with van der Waals surface area (Å²) in [7, 11) is 0. The van der Waals surface area contributed by atoms with Crippen molar-refractivity contribution in [3.05, 3.63) is 65.7 Å². The largest absolute Gasteiger partial charge is 0.478 e. The van der Waals surface area contributed by atoms with Crippen LogP contribution in [0.15, 0.2) is 59.6 Å².